The highest BCUT2D eigenvalue weighted by Gasteiger charge is 2.19. The Morgan fingerprint density at radius 2 is 1.88 bits per heavy atom. The number of hydrogen-bond acceptors (Lipinski definition) is 5. The average Bonchev–Trinajstić information content (AvgIpc) is 2.96. The van der Waals surface area contributed by atoms with Gasteiger partial charge in [0.1, 0.15) is 5.00 Å². The molecular weight excluding hydrogens is 342 g/mol. The Kier molecular flexibility index (Phi) is 6.71. The Bertz CT molecular complexity index is 754. The van der Waals surface area contributed by atoms with Gasteiger partial charge in [-0.05, 0) is 18.6 Å². The van der Waals surface area contributed by atoms with Crippen LogP contribution in [0.2, 0.25) is 0 Å². The number of thiophene rings is 1. The maximum Gasteiger partial charge on any atom is 0.341 e. The SMILES string of the molecule is CCOC(=O)c1cc(Cc2ccccc2)sc1NC(=O)CCC(=O)O. The molecule has 0 aliphatic carbocycles. The van der Waals surface area contributed by atoms with Crippen LogP contribution in [0.15, 0.2) is 36.4 Å². The van der Waals surface area contributed by atoms with Crippen LogP contribution < -0.4 is 5.32 Å². The van der Waals surface area contributed by atoms with Crippen molar-refractivity contribution in [2.75, 3.05) is 11.9 Å². The number of amides is 1. The fourth-order valence-corrected chi connectivity index (χ4v) is 3.28. The van der Waals surface area contributed by atoms with E-state index in [9.17, 15) is 14.4 Å². The van der Waals surface area contributed by atoms with Crippen molar-refractivity contribution < 1.29 is 24.2 Å². The monoisotopic (exact) mass is 361 g/mol. The molecule has 0 radical (unpaired) electrons. The Morgan fingerprint density at radius 1 is 1.16 bits per heavy atom. The first-order valence-electron chi connectivity index (χ1n) is 7.85. The van der Waals surface area contributed by atoms with Gasteiger partial charge in [-0.25, -0.2) is 4.79 Å². The van der Waals surface area contributed by atoms with Crippen molar-refractivity contribution in [2.45, 2.75) is 26.2 Å². The van der Waals surface area contributed by atoms with E-state index >= 15 is 0 Å². The maximum atomic E-state index is 12.1. The van der Waals surface area contributed by atoms with E-state index in [1.54, 1.807) is 13.0 Å². The minimum Gasteiger partial charge on any atom is -0.481 e. The van der Waals surface area contributed by atoms with E-state index < -0.39 is 17.8 Å². The molecule has 0 saturated heterocycles. The number of rotatable bonds is 8. The quantitative estimate of drug-likeness (QED) is 0.704. The van der Waals surface area contributed by atoms with Crippen LogP contribution in [0, 0.1) is 0 Å². The number of carboxylic acids is 1. The van der Waals surface area contributed by atoms with Gasteiger partial charge in [-0.3, -0.25) is 9.59 Å². The van der Waals surface area contributed by atoms with Gasteiger partial charge in [0.15, 0.2) is 0 Å². The summed E-state index contributed by atoms with van der Waals surface area (Å²) in [7, 11) is 0. The zero-order valence-corrected chi connectivity index (χ0v) is 14.6. The lowest BCUT2D eigenvalue weighted by molar-refractivity contribution is -0.138. The first-order valence-corrected chi connectivity index (χ1v) is 8.66. The van der Waals surface area contributed by atoms with Crippen LogP contribution in [0.5, 0.6) is 0 Å². The summed E-state index contributed by atoms with van der Waals surface area (Å²) >= 11 is 1.29. The van der Waals surface area contributed by atoms with Gasteiger partial charge in [-0.1, -0.05) is 30.3 Å². The highest BCUT2D eigenvalue weighted by Crippen LogP contribution is 2.30. The Morgan fingerprint density at radius 3 is 2.52 bits per heavy atom. The molecule has 0 saturated carbocycles. The van der Waals surface area contributed by atoms with Crippen LogP contribution in [0.4, 0.5) is 5.00 Å². The Labute approximate surface area is 149 Å². The first kappa shape index (κ1) is 18.7. The van der Waals surface area contributed by atoms with Crippen molar-refractivity contribution in [1.82, 2.24) is 0 Å². The number of benzene rings is 1. The van der Waals surface area contributed by atoms with Gasteiger partial charge < -0.3 is 15.2 Å². The second kappa shape index (κ2) is 8.98. The lowest BCUT2D eigenvalue weighted by Gasteiger charge is -2.05. The molecule has 0 atom stereocenters. The summed E-state index contributed by atoms with van der Waals surface area (Å²) < 4.78 is 5.03. The normalized spacial score (nSPS) is 10.3. The number of aliphatic carboxylic acids is 1. The molecule has 1 amide bonds. The van der Waals surface area contributed by atoms with Crippen molar-refractivity contribution in [2.24, 2.45) is 0 Å². The average molecular weight is 361 g/mol. The van der Waals surface area contributed by atoms with E-state index in [1.165, 1.54) is 11.3 Å². The Balaban J connectivity index is 2.18. The number of anilines is 1. The van der Waals surface area contributed by atoms with Crippen LogP contribution in [0.3, 0.4) is 0 Å². The fourth-order valence-electron chi connectivity index (χ4n) is 2.19. The third kappa shape index (κ3) is 5.72. The van der Waals surface area contributed by atoms with E-state index in [4.69, 9.17) is 9.84 Å². The topological polar surface area (TPSA) is 92.7 Å². The number of hydrogen-bond donors (Lipinski definition) is 2. The number of esters is 1. The van der Waals surface area contributed by atoms with Crippen LogP contribution in [0.25, 0.3) is 0 Å². The molecule has 25 heavy (non-hydrogen) atoms. The predicted octanol–water partition coefficient (Wildman–Crippen LogP) is 3.32. The van der Waals surface area contributed by atoms with Gasteiger partial charge in [-0.15, -0.1) is 11.3 Å². The molecule has 0 spiro atoms. The van der Waals surface area contributed by atoms with Crippen molar-refractivity contribution in [3.63, 3.8) is 0 Å². The molecule has 1 aromatic carbocycles. The number of ether oxygens (including phenoxy) is 1. The first-order chi connectivity index (χ1) is 12.0. The molecule has 2 aromatic rings. The minimum atomic E-state index is -1.04. The molecule has 0 fully saturated rings. The van der Waals surface area contributed by atoms with Gasteiger partial charge in [0.2, 0.25) is 5.91 Å². The van der Waals surface area contributed by atoms with Crippen LogP contribution >= 0.6 is 11.3 Å². The van der Waals surface area contributed by atoms with Gasteiger partial charge in [0.25, 0.3) is 0 Å². The van der Waals surface area contributed by atoms with Gasteiger partial charge in [-0.2, -0.15) is 0 Å². The number of carbonyl (C=O) groups excluding carboxylic acids is 2. The lowest BCUT2D eigenvalue weighted by Crippen LogP contribution is -2.15. The summed E-state index contributed by atoms with van der Waals surface area (Å²) in [6.07, 6.45) is 0.218. The third-order valence-corrected chi connectivity index (χ3v) is 4.37. The summed E-state index contributed by atoms with van der Waals surface area (Å²) in [5.41, 5.74) is 1.38. The summed E-state index contributed by atoms with van der Waals surface area (Å²) in [6, 6.07) is 11.5. The second-order valence-electron chi connectivity index (χ2n) is 5.28. The summed E-state index contributed by atoms with van der Waals surface area (Å²) in [6.45, 7) is 1.94. The van der Waals surface area contributed by atoms with Crippen LogP contribution in [-0.4, -0.2) is 29.6 Å². The molecule has 2 rings (SSSR count). The molecule has 0 aliphatic rings. The van der Waals surface area contributed by atoms with Gasteiger partial charge >= 0.3 is 11.9 Å². The molecule has 2 N–H and O–H groups in total. The molecular formula is C18H19NO5S. The molecule has 6 nitrogen and oxygen atoms in total. The van der Waals surface area contributed by atoms with E-state index in [0.29, 0.717) is 17.0 Å². The van der Waals surface area contributed by atoms with E-state index in [0.717, 1.165) is 10.4 Å². The number of carbonyl (C=O) groups is 3. The zero-order chi connectivity index (χ0) is 18.2. The van der Waals surface area contributed by atoms with Gasteiger partial charge in [0.05, 0.1) is 18.6 Å². The standard InChI is InChI=1S/C18H19NO5S/c1-2-24-18(23)14-11-13(10-12-6-4-3-5-7-12)25-17(14)19-15(20)8-9-16(21)22/h3-7,11H,2,8-10H2,1H3,(H,19,20)(H,21,22). The van der Waals surface area contributed by atoms with E-state index in [-0.39, 0.29) is 19.4 Å². The molecule has 0 bridgehead atoms. The molecule has 0 unspecified atom stereocenters. The summed E-state index contributed by atoms with van der Waals surface area (Å²) in [5.74, 6) is -2.00. The molecule has 7 heteroatoms. The van der Waals surface area contributed by atoms with Crippen molar-refractivity contribution in [1.29, 1.82) is 0 Å². The third-order valence-electron chi connectivity index (χ3n) is 3.32. The Hall–Kier alpha value is -2.67. The lowest BCUT2D eigenvalue weighted by atomic mass is 10.1. The highest BCUT2D eigenvalue weighted by molar-refractivity contribution is 7.16. The fraction of sp³-hybridized carbons (Fsp3) is 0.278. The summed E-state index contributed by atoms with van der Waals surface area (Å²) in [5, 5.41) is 11.7. The van der Waals surface area contributed by atoms with Crippen LogP contribution in [-0.2, 0) is 20.7 Å². The molecule has 0 aliphatic heterocycles. The van der Waals surface area contributed by atoms with Crippen molar-refractivity contribution in [3.05, 3.63) is 52.4 Å². The smallest absolute Gasteiger partial charge is 0.341 e. The minimum absolute atomic E-state index is 0.149. The van der Waals surface area contributed by atoms with E-state index in [1.807, 2.05) is 30.3 Å². The predicted molar refractivity (Wildman–Crippen MR) is 95.0 cm³/mol. The molecule has 1 heterocycles. The maximum absolute atomic E-state index is 12.1. The van der Waals surface area contributed by atoms with E-state index in [2.05, 4.69) is 5.32 Å². The summed E-state index contributed by atoms with van der Waals surface area (Å²) in [4.78, 5) is 35.5. The zero-order valence-electron chi connectivity index (χ0n) is 13.8. The van der Waals surface area contributed by atoms with Crippen LogP contribution in [0.1, 0.15) is 40.6 Å². The largest absolute Gasteiger partial charge is 0.481 e. The highest BCUT2D eigenvalue weighted by atomic mass is 32.1. The second-order valence-corrected chi connectivity index (χ2v) is 6.42. The number of carboxylic acid groups (broad SMARTS) is 1. The number of nitrogens with one attached hydrogen (secondary N) is 1. The van der Waals surface area contributed by atoms with Crippen molar-refractivity contribution in [3.8, 4) is 0 Å². The van der Waals surface area contributed by atoms with Crippen molar-refractivity contribution >= 4 is 34.2 Å². The molecule has 132 valence electrons. The molecule has 1 aromatic heterocycles. The van der Waals surface area contributed by atoms with Gasteiger partial charge in [0, 0.05) is 17.7 Å².